The molecule has 2 aromatic rings. The molecule has 0 aromatic carbocycles. The lowest BCUT2D eigenvalue weighted by molar-refractivity contribution is 0.0956. The molecule has 2 rings (SSSR count). The van der Waals surface area contributed by atoms with Crippen molar-refractivity contribution in [3.63, 3.8) is 0 Å². The first-order valence-corrected chi connectivity index (χ1v) is 8.17. The van der Waals surface area contributed by atoms with Crippen LogP contribution in [-0.2, 0) is 6.54 Å². The number of nitrogen functional groups attached to an aromatic ring is 1. The SMILES string of the molecule is Cc1ncsc1CNC(=O)c1sc(NC(C)(C)C)nc1N. The van der Waals surface area contributed by atoms with Crippen LogP contribution in [0, 0.1) is 6.92 Å². The standard InChI is InChI=1S/C13H19N5OS2/c1-7-8(20-6-16-7)5-15-11(19)9-10(14)17-12(21-9)18-13(2,3)4/h6H,5,14H2,1-4H3,(H,15,19)(H,17,18). The van der Waals surface area contributed by atoms with Gasteiger partial charge in [0, 0.05) is 10.4 Å². The molecule has 0 atom stereocenters. The lowest BCUT2D eigenvalue weighted by atomic mass is 10.1. The summed E-state index contributed by atoms with van der Waals surface area (Å²) in [4.78, 5) is 22.0. The first-order valence-electron chi connectivity index (χ1n) is 6.48. The van der Waals surface area contributed by atoms with Gasteiger partial charge in [0.15, 0.2) is 5.13 Å². The molecule has 4 N–H and O–H groups in total. The van der Waals surface area contributed by atoms with Gasteiger partial charge in [-0.1, -0.05) is 11.3 Å². The quantitative estimate of drug-likeness (QED) is 0.803. The second-order valence-corrected chi connectivity index (χ2v) is 7.59. The molecule has 0 saturated heterocycles. The van der Waals surface area contributed by atoms with Crippen LogP contribution in [0.2, 0.25) is 0 Å². The van der Waals surface area contributed by atoms with Crippen molar-refractivity contribution >= 4 is 39.5 Å². The zero-order valence-corrected chi connectivity index (χ0v) is 14.1. The van der Waals surface area contributed by atoms with E-state index in [0.29, 0.717) is 16.6 Å². The number of aryl methyl sites for hydroxylation is 1. The molecule has 0 aliphatic rings. The number of anilines is 2. The fourth-order valence-electron chi connectivity index (χ4n) is 1.61. The van der Waals surface area contributed by atoms with E-state index >= 15 is 0 Å². The molecule has 6 nitrogen and oxygen atoms in total. The molecule has 0 fully saturated rings. The highest BCUT2D eigenvalue weighted by molar-refractivity contribution is 7.18. The lowest BCUT2D eigenvalue weighted by Gasteiger charge is -2.19. The van der Waals surface area contributed by atoms with Gasteiger partial charge in [-0.05, 0) is 27.7 Å². The van der Waals surface area contributed by atoms with Gasteiger partial charge in [0.25, 0.3) is 5.91 Å². The molecule has 0 aliphatic carbocycles. The molecule has 0 spiro atoms. The Labute approximate surface area is 131 Å². The Bertz CT molecular complexity index is 641. The van der Waals surface area contributed by atoms with Crippen LogP contribution >= 0.6 is 22.7 Å². The van der Waals surface area contributed by atoms with Crippen molar-refractivity contribution in [2.24, 2.45) is 0 Å². The molecule has 2 heterocycles. The smallest absolute Gasteiger partial charge is 0.265 e. The van der Waals surface area contributed by atoms with Gasteiger partial charge in [0.2, 0.25) is 0 Å². The van der Waals surface area contributed by atoms with E-state index in [4.69, 9.17) is 5.73 Å². The van der Waals surface area contributed by atoms with Gasteiger partial charge < -0.3 is 16.4 Å². The third-order valence-corrected chi connectivity index (χ3v) is 4.52. The van der Waals surface area contributed by atoms with Crippen molar-refractivity contribution in [2.75, 3.05) is 11.1 Å². The van der Waals surface area contributed by atoms with E-state index < -0.39 is 0 Å². The maximum Gasteiger partial charge on any atom is 0.265 e. The van der Waals surface area contributed by atoms with Gasteiger partial charge in [-0.15, -0.1) is 11.3 Å². The molecule has 21 heavy (non-hydrogen) atoms. The highest BCUT2D eigenvalue weighted by atomic mass is 32.1. The topological polar surface area (TPSA) is 92.9 Å². The predicted molar refractivity (Wildman–Crippen MR) is 87.9 cm³/mol. The Morgan fingerprint density at radius 1 is 1.43 bits per heavy atom. The molecular formula is C13H19N5OS2. The molecule has 0 aliphatic heterocycles. The van der Waals surface area contributed by atoms with E-state index in [2.05, 4.69) is 20.6 Å². The number of amides is 1. The number of thiazole rings is 2. The van der Waals surface area contributed by atoms with Crippen LogP contribution in [0.4, 0.5) is 10.9 Å². The van der Waals surface area contributed by atoms with Crippen molar-refractivity contribution in [3.8, 4) is 0 Å². The number of hydrogen-bond acceptors (Lipinski definition) is 7. The minimum absolute atomic E-state index is 0.127. The monoisotopic (exact) mass is 325 g/mol. The Hall–Kier alpha value is -1.67. The summed E-state index contributed by atoms with van der Waals surface area (Å²) in [5, 5.41) is 6.72. The molecule has 0 unspecified atom stereocenters. The number of aromatic nitrogens is 2. The van der Waals surface area contributed by atoms with Crippen molar-refractivity contribution in [1.29, 1.82) is 0 Å². The molecule has 0 radical (unpaired) electrons. The number of carbonyl (C=O) groups excluding carboxylic acids is 1. The second-order valence-electron chi connectivity index (χ2n) is 5.65. The number of nitrogens with two attached hydrogens (primary N) is 1. The summed E-state index contributed by atoms with van der Waals surface area (Å²) in [5.41, 5.74) is 8.41. The summed E-state index contributed by atoms with van der Waals surface area (Å²) in [5.74, 6) is 0.0463. The fourth-order valence-corrected chi connectivity index (χ4v) is 3.33. The second kappa shape index (κ2) is 5.98. The Balaban J connectivity index is 2.04. The van der Waals surface area contributed by atoms with Crippen molar-refractivity contribution in [3.05, 3.63) is 21.0 Å². The maximum atomic E-state index is 12.2. The van der Waals surface area contributed by atoms with E-state index in [-0.39, 0.29) is 17.3 Å². The van der Waals surface area contributed by atoms with Gasteiger partial charge in [-0.25, -0.2) is 9.97 Å². The van der Waals surface area contributed by atoms with Gasteiger partial charge in [-0.2, -0.15) is 0 Å². The normalized spacial score (nSPS) is 11.4. The van der Waals surface area contributed by atoms with E-state index in [1.54, 1.807) is 5.51 Å². The Morgan fingerprint density at radius 3 is 2.71 bits per heavy atom. The summed E-state index contributed by atoms with van der Waals surface area (Å²) < 4.78 is 0. The van der Waals surface area contributed by atoms with Crippen LogP contribution in [0.1, 0.15) is 41.0 Å². The largest absolute Gasteiger partial charge is 0.382 e. The van der Waals surface area contributed by atoms with E-state index in [0.717, 1.165) is 10.6 Å². The summed E-state index contributed by atoms with van der Waals surface area (Å²) in [6, 6.07) is 0. The zero-order chi connectivity index (χ0) is 15.6. The maximum absolute atomic E-state index is 12.2. The van der Waals surface area contributed by atoms with Gasteiger partial charge in [0.05, 0.1) is 17.7 Å². The fraction of sp³-hybridized carbons (Fsp3) is 0.462. The van der Waals surface area contributed by atoms with Crippen LogP contribution in [-0.4, -0.2) is 21.4 Å². The van der Waals surface area contributed by atoms with Crippen molar-refractivity contribution < 1.29 is 4.79 Å². The first kappa shape index (κ1) is 15.7. The van der Waals surface area contributed by atoms with E-state index in [9.17, 15) is 4.79 Å². The summed E-state index contributed by atoms with van der Waals surface area (Å²) in [7, 11) is 0. The van der Waals surface area contributed by atoms with Gasteiger partial charge in [0.1, 0.15) is 10.7 Å². The minimum Gasteiger partial charge on any atom is -0.382 e. The van der Waals surface area contributed by atoms with Crippen molar-refractivity contribution in [1.82, 2.24) is 15.3 Å². The van der Waals surface area contributed by atoms with Crippen LogP contribution in [0.3, 0.4) is 0 Å². The number of nitrogens with one attached hydrogen (secondary N) is 2. The summed E-state index contributed by atoms with van der Waals surface area (Å²) >= 11 is 2.79. The van der Waals surface area contributed by atoms with Gasteiger partial charge >= 0.3 is 0 Å². The van der Waals surface area contributed by atoms with E-state index in [1.165, 1.54) is 22.7 Å². The average Bonchev–Trinajstić information content (AvgIpc) is 2.91. The van der Waals surface area contributed by atoms with Crippen LogP contribution < -0.4 is 16.4 Å². The molecule has 0 saturated carbocycles. The summed E-state index contributed by atoms with van der Waals surface area (Å²) in [6.07, 6.45) is 0. The molecule has 114 valence electrons. The summed E-state index contributed by atoms with van der Waals surface area (Å²) in [6.45, 7) is 8.45. The molecule has 0 bridgehead atoms. The third kappa shape index (κ3) is 4.15. The molecule has 2 aromatic heterocycles. The lowest BCUT2D eigenvalue weighted by Crippen LogP contribution is -2.25. The first-order chi connectivity index (χ1) is 9.76. The highest BCUT2D eigenvalue weighted by Crippen LogP contribution is 2.27. The Kier molecular flexibility index (Phi) is 4.48. The van der Waals surface area contributed by atoms with Crippen LogP contribution in [0.5, 0.6) is 0 Å². The third-order valence-electron chi connectivity index (χ3n) is 2.60. The van der Waals surface area contributed by atoms with Crippen molar-refractivity contribution in [2.45, 2.75) is 39.8 Å². The molecule has 1 amide bonds. The zero-order valence-electron chi connectivity index (χ0n) is 12.5. The van der Waals surface area contributed by atoms with E-state index in [1.807, 2.05) is 27.7 Å². The number of hydrogen-bond donors (Lipinski definition) is 3. The molecule has 8 heteroatoms. The van der Waals surface area contributed by atoms with Crippen LogP contribution in [0.25, 0.3) is 0 Å². The highest BCUT2D eigenvalue weighted by Gasteiger charge is 2.19. The number of carbonyl (C=O) groups is 1. The number of rotatable bonds is 4. The molecular weight excluding hydrogens is 306 g/mol. The van der Waals surface area contributed by atoms with Gasteiger partial charge in [-0.3, -0.25) is 4.79 Å². The predicted octanol–water partition coefficient (Wildman–Crippen LogP) is 2.63. The average molecular weight is 325 g/mol. The minimum atomic E-state index is -0.209. The number of nitrogens with zero attached hydrogens (tertiary/aromatic N) is 2. The van der Waals surface area contributed by atoms with Crippen LogP contribution in [0.15, 0.2) is 5.51 Å². The Morgan fingerprint density at radius 2 is 2.14 bits per heavy atom.